The molecule has 6 atom stereocenters. The van der Waals surface area contributed by atoms with Gasteiger partial charge in [-0.3, -0.25) is 0 Å². The lowest BCUT2D eigenvalue weighted by Crippen LogP contribution is -2.09. The Bertz CT molecular complexity index is 372. The molecule has 14 heavy (non-hydrogen) atoms. The van der Waals surface area contributed by atoms with E-state index in [1.54, 1.807) is 0 Å². The van der Waals surface area contributed by atoms with Gasteiger partial charge in [0.1, 0.15) is 0 Å². The SMILES string of the molecule is Cl[C@H]1C2C3[C@@H]2C[C@@H]1[C@@H]3c1ccccc1. The van der Waals surface area contributed by atoms with Crippen LogP contribution in [0.1, 0.15) is 17.9 Å². The first-order valence-electron chi connectivity index (χ1n) is 5.57. The molecule has 0 N–H and O–H groups in total. The molecule has 4 aliphatic rings. The summed E-state index contributed by atoms with van der Waals surface area (Å²) in [5.74, 6) is 4.41. The Hall–Kier alpha value is -0.490. The average Bonchev–Trinajstić information content (AvgIpc) is 2.55. The van der Waals surface area contributed by atoms with Crippen LogP contribution in [0, 0.1) is 23.7 Å². The van der Waals surface area contributed by atoms with E-state index in [0.29, 0.717) is 5.38 Å². The summed E-state index contributed by atoms with van der Waals surface area (Å²) >= 11 is 6.44. The second kappa shape index (κ2) is 2.36. The molecular weight excluding hydrogens is 192 g/mol. The zero-order valence-electron chi connectivity index (χ0n) is 7.94. The minimum absolute atomic E-state index is 0.496. The van der Waals surface area contributed by atoms with Gasteiger partial charge in [0, 0.05) is 5.38 Å². The zero-order chi connectivity index (χ0) is 9.28. The minimum Gasteiger partial charge on any atom is -0.122 e. The Labute approximate surface area is 89.3 Å². The highest BCUT2D eigenvalue weighted by Crippen LogP contribution is 2.77. The van der Waals surface area contributed by atoms with E-state index in [2.05, 4.69) is 30.3 Å². The molecule has 1 heteroatoms. The topological polar surface area (TPSA) is 0 Å². The predicted octanol–water partition coefficient (Wildman–Crippen LogP) is 3.27. The van der Waals surface area contributed by atoms with Crippen LogP contribution in [-0.2, 0) is 0 Å². The van der Waals surface area contributed by atoms with Gasteiger partial charge in [0.2, 0.25) is 0 Å². The van der Waals surface area contributed by atoms with Crippen LogP contribution in [-0.4, -0.2) is 5.38 Å². The van der Waals surface area contributed by atoms with E-state index in [1.165, 1.54) is 12.0 Å². The van der Waals surface area contributed by atoms with Gasteiger partial charge in [-0.1, -0.05) is 30.3 Å². The summed E-state index contributed by atoms with van der Waals surface area (Å²) in [5.41, 5.74) is 1.54. The van der Waals surface area contributed by atoms with Crippen molar-refractivity contribution < 1.29 is 0 Å². The highest BCUT2D eigenvalue weighted by Gasteiger charge is 2.73. The van der Waals surface area contributed by atoms with Crippen LogP contribution < -0.4 is 0 Å². The van der Waals surface area contributed by atoms with E-state index in [-0.39, 0.29) is 0 Å². The number of halogens is 1. The second-order valence-corrected chi connectivity index (χ2v) is 5.60. The van der Waals surface area contributed by atoms with Gasteiger partial charge in [-0.25, -0.2) is 0 Å². The van der Waals surface area contributed by atoms with E-state index in [0.717, 1.165) is 29.6 Å². The van der Waals surface area contributed by atoms with E-state index >= 15 is 0 Å². The van der Waals surface area contributed by atoms with Crippen LogP contribution in [0.15, 0.2) is 30.3 Å². The Kier molecular flexibility index (Phi) is 1.31. The van der Waals surface area contributed by atoms with Crippen molar-refractivity contribution in [1.82, 2.24) is 0 Å². The molecule has 5 rings (SSSR count). The molecule has 4 saturated carbocycles. The summed E-state index contributed by atoms with van der Waals surface area (Å²) < 4.78 is 0. The highest BCUT2D eigenvalue weighted by atomic mass is 35.5. The quantitative estimate of drug-likeness (QED) is 0.616. The van der Waals surface area contributed by atoms with Gasteiger partial charge in [0.05, 0.1) is 0 Å². The molecule has 1 aromatic rings. The van der Waals surface area contributed by atoms with Crippen molar-refractivity contribution in [2.75, 3.05) is 0 Å². The monoisotopic (exact) mass is 204 g/mol. The number of hydrogen-bond acceptors (Lipinski definition) is 0. The highest BCUT2D eigenvalue weighted by molar-refractivity contribution is 6.22. The van der Waals surface area contributed by atoms with Crippen LogP contribution in [0.5, 0.6) is 0 Å². The molecule has 0 saturated heterocycles. The largest absolute Gasteiger partial charge is 0.122 e. The summed E-state index contributed by atoms with van der Waals surface area (Å²) in [6.45, 7) is 0. The fourth-order valence-corrected chi connectivity index (χ4v) is 4.82. The Morgan fingerprint density at radius 3 is 2.29 bits per heavy atom. The van der Waals surface area contributed by atoms with Crippen LogP contribution in [0.25, 0.3) is 0 Å². The molecule has 0 aromatic heterocycles. The normalized spacial score (nSPS) is 52.4. The van der Waals surface area contributed by atoms with Crippen molar-refractivity contribution in [2.24, 2.45) is 23.7 Å². The zero-order valence-corrected chi connectivity index (χ0v) is 8.69. The summed E-state index contributed by atoms with van der Waals surface area (Å²) in [7, 11) is 0. The molecule has 0 aliphatic heterocycles. The first-order valence-corrected chi connectivity index (χ1v) is 6.00. The van der Waals surface area contributed by atoms with Crippen molar-refractivity contribution in [2.45, 2.75) is 17.7 Å². The van der Waals surface area contributed by atoms with Gasteiger partial charge in [0.15, 0.2) is 0 Å². The van der Waals surface area contributed by atoms with Gasteiger partial charge < -0.3 is 0 Å². The number of hydrogen-bond donors (Lipinski definition) is 0. The fraction of sp³-hybridized carbons (Fsp3) is 0.538. The molecule has 4 fully saturated rings. The lowest BCUT2D eigenvalue weighted by molar-refractivity contribution is 0.532. The maximum Gasteiger partial charge on any atom is 0.0404 e. The third-order valence-corrected chi connectivity index (χ3v) is 5.29. The van der Waals surface area contributed by atoms with Gasteiger partial charge >= 0.3 is 0 Å². The van der Waals surface area contributed by atoms with Gasteiger partial charge in [0.25, 0.3) is 0 Å². The summed E-state index contributed by atoms with van der Waals surface area (Å²) in [6, 6.07) is 11.0. The Morgan fingerprint density at radius 1 is 1.00 bits per heavy atom. The molecule has 72 valence electrons. The molecule has 0 nitrogen and oxygen atoms in total. The third kappa shape index (κ3) is 0.738. The fourth-order valence-electron chi connectivity index (χ4n) is 4.20. The first-order chi connectivity index (χ1) is 6.88. The van der Waals surface area contributed by atoms with Crippen molar-refractivity contribution >= 4 is 11.6 Å². The molecule has 0 spiro atoms. The summed E-state index contributed by atoms with van der Waals surface area (Å²) in [5, 5.41) is 0.496. The van der Waals surface area contributed by atoms with Crippen molar-refractivity contribution in [1.29, 1.82) is 0 Å². The second-order valence-electron chi connectivity index (χ2n) is 5.10. The van der Waals surface area contributed by atoms with Crippen molar-refractivity contribution in [3.05, 3.63) is 35.9 Å². The maximum atomic E-state index is 6.44. The van der Waals surface area contributed by atoms with Gasteiger partial charge in [-0.2, -0.15) is 0 Å². The number of benzene rings is 1. The number of alkyl halides is 1. The minimum atomic E-state index is 0.496. The van der Waals surface area contributed by atoms with Crippen LogP contribution in [0.2, 0.25) is 0 Å². The van der Waals surface area contributed by atoms with Gasteiger partial charge in [-0.05, 0) is 41.6 Å². The van der Waals surface area contributed by atoms with Crippen LogP contribution in [0.3, 0.4) is 0 Å². The first kappa shape index (κ1) is 7.76. The predicted molar refractivity (Wildman–Crippen MR) is 57.4 cm³/mol. The van der Waals surface area contributed by atoms with Crippen molar-refractivity contribution in [3.63, 3.8) is 0 Å². The van der Waals surface area contributed by atoms with Crippen LogP contribution in [0.4, 0.5) is 0 Å². The van der Waals surface area contributed by atoms with Gasteiger partial charge in [-0.15, -0.1) is 11.6 Å². The summed E-state index contributed by atoms with van der Waals surface area (Å²) in [4.78, 5) is 0. The van der Waals surface area contributed by atoms with Crippen LogP contribution >= 0.6 is 11.6 Å². The molecule has 4 bridgehead atoms. The lowest BCUT2D eigenvalue weighted by Gasteiger charge is -2.16. The number of rotatable bonds is 1. The molecule has 4 aliphatic carbocycles. The van der Waals surface area contributed by atoms with E-state index < -0.39 is 0 Å². The smallest absolute Gasteiger partial charge is 0.0404 e. The molecular formula is C13H13Cl. The lowest BCUT2D eigenvalue weighted by atomic mass is 9.90. The van der Waals surface area contributed by atoms with E-state index in [9.17, 15) is 0 Å². The Balaban J connectivity index is 1.76. The van der Waals surface area contributed by atoms with Crippen molar-refractivity contribution in [3.8, 4) is 0 Å². The molecule has 2 unspecified atom stereocenters. The average molecular weight is 205 g/mol. The molecule has 1 aromatic carbocycles. The summed E-state index contributed by atoms with van der Waals surface area (Å²) in [6.07, 6.45) is 1.41. The maximum absolute atomic E-state index is 6.44. The third-order valence-electron chi connectivity index (χ3n) is 4.67. The van der Waals surface area contributed by atoms with E-state index in [1.807, 2.05) is 0 Å². The molecule has 0 amide bonds. The van der Waals surface area contributed by atoms with E-state index in [4.69, 9.17) is 11.6 Å². The molecule has 0 heterocycles. The molecule has 0 radical (unpaired) electrons. The standard InChI is InChI=1S/C13H13Cl/c14-13-9-6-8-11(12(8)13)10(9)7-4-2-1-3-5-7/h1-5,8-13H,6H2/t8-,9+,10-,11?,12?,13+/m0/s1. The Morgan fingerprint density at radius 2 is 1.79 bits per heavy atom.